The quantitative estimate of drug-likeness (QED) is 0.303. The number of imidazole rings is 1. The highest BCUT2D eigenvalue weighted by Gasteiger charge is 2.16. The first kappa shape index (κ1) is 21.3. The maximum absolute atomic E-state index is 12.8. The highest BCUT2D eigenvalue weighted by atomic mass is 35.5. The molecular weight excluding hydrogens is 438 g/mol. The van der Waals surface area contributed by atoms with Crippen LogP contribution in [-0.4, -0.2) is 26.0 Å². The van der Waals surface area contributed by atoms with E-state index in [4.69, 9.17) is 23.2 Å². The van der Waals surface area contributed by atoms with Gasteiger partial charge in [0.2, 0.25) is 5.95 Å². The van der Waals surface area contributed by atoms with Crippen molar-refractivity contribution in [2.45, 2.75) is 33.0 Å². The first-order valence-electron chi connectivity index (χ1n) is 9.81. The predicted molar refractivity (Wildman–Crippen MR) is 124 cm³/mol. The van der Waals surface area contributed by atoms with Crippen LogP contribution >= 0.6 is 23.2 Å². The van der Waals surface area contributed by atoms with Crippen molar-refractivity contribution >= 4 is 51.8 Å². The summed E-state index contributed by atoms with van der Waals surface area (Å²) in [5, 5.41) is 7.64. The molecule has 0 aliphatic rings. The van der Waals surface area contributed by atoms with Crippen LogP contribution in [0.15, 0.2) is 42.5 Å². The lowest BCUT2D eigenvalue weighted by molar-refractivity contribution is 0.485. The van der Waals surface area contributed by atoms with E-state index in [0.717, 1.165) is 11.3 Å². The van der Waals surface area contributed by atoms with Crippen LogP contribution in [-0.2, 0) is 13.1 Å². The van der Waals surface area contributed by atoms with Crippen molar-refractivity contribution in [3.8, 4) is 0 Å². The summed E-state index contributed by atoms with van der Waals surface area (Å²) in [4.78, 5) is 17.1. The summed E-state index contributed by atoms with van der Waals surface area (Å²) in [6.45, 7) is 3.51. The van der Waals surface area contributed by atoms with Crippen molar-refractivity contribution in [3.63, 3.8) is 0 Å². The Balaban J connectivity index is 1.73. The van der Waals surface area contributed by atoms with Gasteiger partial charge in [-0.25, -0.2) is 9.37 Å². The Bertz CT molecular complexity index is 1190. The molecule has 0 atom stereocenters. The smallest absolute Gasteiger partial charge is 0.227 e. The number of nitrogens with one attached hydrogen (secondary N) is 3. The number of aromatic nitrogens is 4. The lowest BCUT2D eigenvalue weighted by atomic mass is 10.1. The lowest BCUT2D eigenvalue weighted by Crippen LogP contribution is -2.13. The summed E-state index contributed by atoms with van der Waals surface area (Å²) in [5.41, 5.74) is 3.34. The van der Waals surface area contributed by atoms with Gasteiger partial charge in [-0.3, -0.25) is 0 Å². The molecule has 4 aromatic rings. The van der Waals surface area contributed by atoms with Crippen LogP contribution in [0.4, 0.5) is 21.8 Å². The van der Waals surface area contributed by atoms with Gasteiger partial charge >= 0.3 is 0 Å². The second-order valence-electron chi connectivity index (χ2n) is 7.41. The minimum absolute atomic E-state index is 0.148. The third-order valence-corrected chi connectivity index (χ3v) is 5.30. The summed E-state index contributed by atoms with van der Waals surface area (Å²) < 4.78 is 12.8. The fourth-order valence-corrected chi connectivity index (χ4v) is 3.66. The van der Waals surface area contributed by atoms with E-state index >= 15 is 0 Å². The molecule has 0 aliphatic carbocycles. The molecule has 3 N–H and O–H groups in total. The number of anilines is 3. The molecule has 0 amide bonds. The third kappa shape index (κ3) is 4.89. The monoisotopic (exact) mass is 458 g/mol. The van der Waals surface area contributed by atoms with E-state index in [0.29, 0.717) is 50.8 Å². The van der Waals surface area contributed by atoms with Crippen LogP contribution < -0.4 is 10.6 Å². The molecule has 9 heteroatoms. The number of benzene rings is 2. The Labute approximate surface area is 189 Å². The molecule has 160 valence electrons. The molecule has 2 aromatic carbocycles. The van der Waals surface area contributed by atoms with Crippen LogP contribution in [0.5, 0.6) is 0 Å². The maximum atomic E-state index is 12.8. The average molecular weight is 459 g/mol. The molecule has 0 radical (unpaired) electrons. The SMILES string of the molecule is CC(C)Nc1nc(Nc2ccc(CF)cc2)c2[nH]c(Cc3c(Cl)cccc3Cl)nc2n1. The summed E-state index contributed by atoms with van der Waals surface area (Å²) in [6.07, 6.45) is 0.423. The number of hydrogen-bond donors (Lipinski definition) is 3. The third-order valence-electron chi connectivity index (χ3n) is 4.59. The molecule has 2 aromatic heterocycles. The number of alkyl halides is 1. The zero-order chi connectivity index (χ0) is 22.0. The minimum atomic E-state index is -0.505. The fourth-order valence-electron chi connectivity index (χ4n) is 3.12. The zero-order valence-electron chi connectivity index (χ0n) is 17.0. The summed E-state index contributed by atoms with van der Waals surface area (Å²) >= 11 is 12.6. The van der Waals surface area contributed by atoms with Gasteiger partial charge in [0.1, 0.15) is 18.0 Å². The van der Waals surface area contributed by atoms with E-state index in [1.807, 2.05) is 13.8 Å². The van der Waals surface area contributed by atoms with Gasteiger partial charge in [-0.15, -0.1) is 0 Å². The van der Waals surface area contributed by atoms with Gasteiger partial charge < -0.3 is 15.6 Å². The molecule has 0 unspecified atom stereocenters. The fraction of sp³-hybridized carbons (Fsp3) is 0.227. The maximum Gasteiger partial charge on any atom is 0.227 e. The van der Waals surface area contributed by atoms with Crippen molar-refractivity contribution in [1.29, 1.82) is 0 Å². The molecule has 4 rings (SSSR count). The number of halogens is 3. The number of hydrogen-bond acceptors (Lipinski definition) is 5. The number of rotatable bonds is 7. The molecule has 0 saturated heterocycles. The topological polar surface area (TPSA) is 78.5 Å². The van der Waals surface area contributed by atoms with Crippen molar-refractivity contribution < 1.29 is 4.39 Å². The standard InChI is InChI=1S/C22H21Cl2FN6/c1-12(2)26-22-30-20(27-14-8-6-13(11-25)7-9-14)19-21(31-22)29-18(28-19)10-15-16(23)4-3-5-17(15)24/h3-9,12H,10-11H2,1-2H3,(H3,26,27,28,29,30,31). The van der Waals surface area contributed by atoms with Crippen LogP contribution in [0.3, 0.4) is 0 Å². The Kier molecular flexibility index (Phi) is 6.25. The molecule has 31 heavy (non-hydrogen) atoms. The van der Waals surface area contributed by atoms with Gasteiger partial charge in [-0.2, -0.15) is 9.97 Å². The largest absolute Gasteiger partial charge is 0.352 e. The average Bonchev–Trinajstić information content (AvgIpc) is 3.14. The van der Waals surface area contributed by atoms with E-state index in [9.17, 15) is 4.39 Å². The van der Waals surface area contributed by atoms with Crippen LogP contribution in [0.2, 0.25) is 10.0 Å². The molecular formula is C22H21Cl2FN6. The van der Waals surface area contributed by atoms with Gasteiger partial charge in [0.25, 0.3) is 0 Å². The number of fused-ring (bicyclic) bond motifs is 1. The number of H-pyrrole nitrogens is 1. The molecule has 0 fully saturated rings. The van der Waals surface area contributed by atoms with E-state index < -0.39 is 6.67 Å². The van der Waals surface area contributed by atoms with Gasteiger partial charge in [0, 0.05) is 28.2 Å². The van der Waals surface area contributed by atoms with Crippen molar-refractivity contribution in [3.05, 3.63) is 69.5 Å². The van der Waals surface area contributed by atoms with E-state index in [1.165, 1.54) is 0 Å². The molecule has 0 saturated carbocycles. The molecule has 0 bridgehead atoms. The first-order valence-corrected chi connectivity index (χ1v) is 10.6. The Hall–Kier alpha value is -2.90. The van der Waals surface area contributed by atoms with Crippen LogP contribution in [0.1, 0.15) is 30.8 Å². The highest BCUT2D eigenvalue weighted by Crippen LogP contribution is 2.29. The summed E-state index contributed by atoms with van der Waals surface area (Å²) in [5.74, 6) is 1.68. The molecule has 0 spiro atoms. The van der Waals surface area contributed by atoms with E-state index in [2.05, 4.69) is 30.6 Å². The highest BCUT2D eigenvalue weighted by molar-refractivity contribution is 6.36. The van der Waals surface area contributed by atoms with Gasteiger partial charge in [-0.05, 0) is 49.2 Å². The van der Waals surface area contributed by atoms with Crippen molar-refractivity contribution in [2.24, 2.45) is 0 Å². The molecule has 6 nitrogen and oxygen atoms in total. The molecule has 0 aliphatic heterocycles. The van der Waals surface area contributed by atoms with Crippen LogP contribution in [0.25, 0.3) is 11.2 Å². The number of aromatic amines is 1. The summed E-state index contributed by atoms with van der Waals surface area (Å²) in [6, 6.07) is 12.6. The van der Waals surface area contributed by atoms with Gasteiger partial charge in [-0.1, -0.05) is 41.4 Å². The van der Waals surface area contributed by atoms with Crippen molar-refractivity contribution in [1.82, 2.24) is 19.9 Å². The summed E-state index contributed by atoms with van der Waals surface area (Å²) in [7, 11) is 0. The Morgan fingerprint density at radius 2 is 1.71 bits per heavy atom. The normalized spacial score (nSPS) is 11.3. The first-order chi connectivity index (χ1) is 14.9. The van der Waals surface area contributed by atoms with E-state index in [1.54, 1.807) is 42.5 Å². The Morgan fingerprint density at radius 1 is 1.00 bits per heavy atom. The lowest BCUT2D eigenvalue weighted by Gasteiger charge is -2.11. The van der Waals surface area contributed by atoms with Gasteiger partial charge in [0.15, 0.2) is 11.5 Å². The van der Waals surface area contributed by atoms with E-state index in [-0.39, 0.29) is 6.04 Å². The van der Waals surface area contributed by atoms with Gasteiger partial charge in [0.05, 0.1) is 0 Å². The Morgan fingerprint density at radius 3 is 2.35 bits per heavy atom. The second-order valence-corrected chi connectivity index (χ2v) is 8.22. The number of nitrogens with zero attached hydrogens (tertiary/aromatic N) is 3. The zero-order valence-corrected chi connectivity index (χ0v) is 18.5. The second kappa shape index (κ2) is 9.08. The molecule has 2 heterocycles. The predicted octanol–water partition coefficient (Wildman–Crippen LogP) is 6.28. The minimum Gasteiger partial charge on any atom is -0.352 e. The van der Waals surface area contributed by atoms with Crippen LogP contribution in [0, 0.1) is 0 Å². The van der Waals surface area contributed by atoms with Crippen molar-refractivity contribution in [2.75, 3.05) is 10.6 Å².